The summed E-state index contributed by atoms with van der Waals surface area (Å²) in [7, 11) is 2.03. The monoisotopic (exact) mass is 249 g/mol. The Morgan fingerprint density at radius 1 is 1.50 bits per heavy atom. The molecule has 0 saturated heterocycles. The number of fused-ring (bicyclic) bond motifs is 1. The van der Waals surface area contributed by atoms with Gasteiger partial charge in [0.1, 0.15) is 0 Å². The Balaban J connectivity index is 2.17. The first-order valence-corrected chi connectivity index (χ1v) is 6.14. The molecule has 1 aromatic carbocycles. The van der Waals surface area contributed by atoms with E-state index in [0.717, 1.165) is 24.2 Å². The Hall–Kier alpha value is -1.75. The molecule has 0 aliphatic heterocycles. The second-order valence-electron chi connectivity index (χ2n) is 4.76. The number of nitrogens with one attached hydrogen (secondary N) is 1. The third-order valence-electron chi connectivity index (χ3n) is 3.09. The molecule has 0 bridgehead atoms. The highest BCUT2D eigenvalue weighted by atomic mass is 16.4. The minimum Gasteiger partial charge on any atom is -0.408 e. The molecule has 0 radical (unpaired) electrons. The number of aromatic nitrogens is 1. The van der Waals surface area contributed by atoms with Crippen LogP contribution < -0.4 is 16.4 Å². The number of nitrogens with two attached hydrogens (primary N) is 1. The van der Waals surface area contributed by atoms with Gasteiger partial charge in [0.2, 0.25) is 0 Å². The Kier molecular flexibility index (Phi) is 3.72. The van der Waals surface area contributed by atoms with Gasteiger partial charge in [-0.15, -0.1) is 0 Å². The third-order valence-corrected chi connectivity index (χ3v) is 3.09. The van der Waals surface area contributed by atoms with Crippen LogP contribution in [0.4, 0.5) is 5.69 Å². The topological polar surface area (TPSA) is 75.3 Å². The van der Waals surface area contributed by atoms with E-state index >= 15 is 0 Å². The van der Waals surface area contributed by atoms with Gasteiger partial charge < -0.3 is 15.1 Å². The van der Waals surface area contributed by atoms with Crippen molar-refractivity contribution in [1.29, 1.82) is 0 Å². The summed E-state index contributed by atoms with van der Waals surface area (Å²) in [6, 6.07) is 5.69. The normalized spacial score (nSPS) is 12.8. The van der Waals surface area contributed by atoms with Gasteiger partial charge in [-0.3, -0.25) is 4.98 Å². The lowest BCUT2D eigenvalue weighted by Crippen LogP contribution is -2.25. The van der Waals surface area contributed by atoms with E-state index in [0.29, 0.717) is 18.0 Å². The molecule has 1 atom stereocenters. The van der Waals surface area contributed by atoms with E-state index < -0.39 is 5.76 Å². The Labute approximate surface area is 106 Å². The zero-order chi connectivity index (χ0) is 13.1. The van der Waals surface area contributed by atoms with Gasteiger partial charge >= 0.3 is 5.76 Å². The first-order chi connectivity index (χ1) is 8.60. The van der Waals surface area contributed by atoms with Crippen LogP contribution in [0.15, 0.2) is 27.4 Å². The molecule has 1 unspecified atom stereocenters. The number of benzene rings is 1. The first-order valence-electron chi connectivity index (χ1n) is 6.14. The number of rotatable bonds is 5. The number of hydrogen-bond acceptors (Lipinski definition) is 4. The molecule has 0 fully saturated rings. The summed E-state index contributed by atoms with van der Waals surface area (Å²) in [6.07, 6.45) is 1.01. The molecule has 0 amide bonds. The molecule has 0 spiro atoms. The van der Waals surface area contributed by atoms with Crippen LogP contribution in [0.5, 0.6) is 0 Å². The van der Waals surface area contributed by atoms with Gasteiger partial charge in [0.15, 0.2) is 5.58 Å². The average molecular weight is 249 g/mol. The van der Waals surface area contributed by atoms with Gasteiger partial charge in [-0.25, -0.2) is 4.79 Å². The molecule has 0 aliphatic carbocycles. The molecule has 98 valence electrons. The molecule has 1 heterocycles. The highest BCUT2D eigenvalue weighted by molar-refractivity contribution is 5.77. The average Bonchev–Trinajstić information content (AvgIpc) is 2.68. The van der Waals surface area contributed by atoms with E-state index in [9.17, 15) is 4.79 Å². The zero-order valence-corrected chi connectivity index (χ0v) is 10.8. The van der Waals surface area contributed by atoms with Crippen molar-refractivity contribution in [3.63, 3.8) is 0 Å². The fourth-order valence-electron chi connectivity index (χ4n) is 2.13. The predicted octanol–water partition coefficient (Wildman–Crippen LogP) is 1.54. The Bertz CT molecular complexity index is 573. The van der Waals surface area contributed by atoms with Crippen molar-refractivity contribution in [2.45, 2.75) is 13.3 Å². The van der Waals surface area contributed by atoms with Crippen molar-refractivity contribution in [2.75, 3.05) is 25.0 Å². The third kappa shape index (κ3) is 2.73. The molecule has 5 heteroatoms. The Morgan fingerprint density at radius 2 is 2.28 bits per heavy atom. The highest BCUT2D eigenvalue weighted by Crippen LogP contribution is 2.20. The van der Waals surface area contributed by atoms with Crippen LogP contribution in [0, 0.1) is 5.92 Å². The van der Waals surface area contributed by atoms with Crippen LogP contribution in [0.25, 0.3) is 11.1 Å². The van der Waals surface area contributed by atoms with Gasteiger partial charge in [-0.2, -0.15) is 0 Å². The lowest BCUT2D eigenvalue weighted by Gasteiger charge is -2.23. The molecule has 0 saturated carbocycles. The largest absolute Gasteiger partial charge is 0.417 e. The smallest absolute Gasteiger partial charge is 0.408 e. The molecule has 2 rings (SSSR count). The predicted molar refractivity (Wildman–Crippen MR) is 72.9 cm³/mol. The summed E-state index contributed by atoms with van der Waals surface area (Å²) in [6.45, 7) is 3.83. The molecule has 18 heavy (non-hydrogen) atoms. The molecule has 0 aliphatic rings. The highest BCUT2D eigenvalue weighted by Gasteiger charge is 2.08. The number of oxazole rings is 1. The fraction of sp³-hybridized carbons (Fsp3) is 0.462. The first kappa shape index (κ1) is 12.7. The number of hydrogen-bond donors (Lipinski definition) is 2. The molecular weight excluding hydrogens is 230 g/mol. The van der Waals surface area contributed by atoms with E-state index in [1.807, 2.05) is 25.2 Å². The van der Waals surface area contributed by atoms with Crippen molar-refractivity contribution >= 4 is 16.8 Å². The second-order valence-corrected chi connectivity index (χ2v) is 4.76. The molecule has 5 nitrogen and oxygen atoms in total. The molecule has 2 aromatic rings. The summed E-state index contributed by atoms with van der Waals surface area (Å²) < 4.78 is 4.98. The van der Waals surface area contributed by atoms with Crippen LogP contribution >= 0.6 is 0 Å². The Morgan fingerprint density at radius 3 is 3.00 bits per heavy atom. The van der Waals surface area contributed by atoms with Gasteiger partial charge in [0.25, 0.3) is 0 Å². The van der Waals surface area contributed by atoms with E-state index in [4.69, 9.17) is 10.2 Å². The summed E-state index contributed by atoms with van der Waals surface area (Å²) >= 11 is 0. The van der Waals surface area contributed by atoms with E-state index in [1.54, 1.807) is 0 Å². The lowest BCUT2D eigenvalue weighted by atomic mass is 10.1. The van der Waals surface area contributed by atoms with E-state index in [1.165, 1.54) is 0 Å². The number of anilines is 1. The van der Waals surface area contributed by atoms with Crippen LogP contribution in [-0.4, -0.2) is 25.1 Å². The lowest BCUT2D eigenvalue weighted by molar-refractivity contribution is 0.539. The van der Waals surface area contributed by atoms with Crippen LogP contribution in [0.1, 0.15) is 13.3 Å². The fourth-order valence-corrected chi connectivity index (χ4v) is 2.13. The molecular formula is C13H19N3O2. The minimum absolute atomic E-state index is 0.415. The SMILES string of the molecule is CC(CCN)CN(C)c1ccc2oc(=O)[nH]c2c1. The van der Waals surface area contributed by atoms with Gasteiger partial charge in [0.05, 0.1) is 5.52 Å². The second kappa shape index (κ2) is 5.27. The standard InChI is InChI=1S/C13H19N3O2/c1-9(5-6-14)8-16(2)10-3-4-12-11(7-10)15-13(17)18-12/h3-4,7,9H,5-6,8,14H2,1-2H3,(H,15,17). The van der Waals surface area contributed by atoms with Crippen LogP contribution in [0.2, 0.25) is 0 Å². The minimum atomic E-state index is -0.415. The van der Waals surface area contributed by atoms with Crippen LogP contribution in [-0.2, 0) is 0 Å². The van der Waals surface area contributed by atoms with Crippen molar-refractivity contribution in [2.24, 2.45) is 11.7 Å². The zero-order valence-electron chi connectivity index (χ0n) is 10.8. The maximum absolute atomic E-state index is 11.1. The summed E-state index contributed by atoms with van der Waals surface area (Å²) in [5.41, 5.74) is 7.93. The number of aromatic amines is 1. The van der Waals surface area contributed by atoms with Crippen LogP contribution in [0.3, 0.4) is 0 Å². The van der Waals surface area contributed by atoms with Crippen molar-refractivity contribution in [1.82, 2.24) is 4.98 Å². The number of H-pyrrole nitrogens is 1. The maximum atomic E-state index is 11.1. The van der Waals surface area contributed by atoms with Gasteiger partial charge in [0, 0.05) is 19.3 Å². The summed E-state index contributed by atoms with van der Waals surface area (Å²) in [5.74, 6) is 0.125. The molecule has 1 aromatic heterocycles. The quantitative estimate of drug-likeness (QED) is 0.843. The van der Waals surface area contributed by atoms with E-state index in [-0.39, 0.29) is 0 Å². The van der Waals surface area contributed by atoms with Crippen molar-refractivity contribution in [3.05, 3.63) is 28.7 Å². The van der Waals surface area contributed by atoms with Crippen molar-refractivity contribution < 1.29 is 4.42 Å². The summed E-state index contributed by atoms with van der Waals surface area (Å²) in [5, 5.41) is 0. The number of nitrogens with zero attached hydrogens (tertiary/aromatic N) is 1. The molecule has 3 N–H and O–H groups in total. The van der Waals surface area contributed by atoms with Gasteiger partial charge in [-0.05, 0) is 37.1 Å². The van der Waals surface area contributed by atoms with E-state index in [2.05, 4.69) is 16.8 Å². The van der Waals surface area contributed by atoms with Gasteiger partial charge in [-0.1, -0.05) is 6.92 Å². The maximum Gasteiger partial charge on any atom is 0.417 e. The summed E-state index contributed by atoms with van der Waals surface area (Å²) in [4.78, 5) is 15.9. The van der Waals surface area contributed by atoms with Crippen molar-refractivity contribution in [3.8, 4) is 0 Å².